The molecule has 0 unspecified atom stereocenters. The van der Waals surface area contributed by atoms with E-state index in [0.29, 0.717) is 18.8 Å². The van der Waals surface area contributed by atoms with Crippen LogP contribution < -0.4 is 5.46 Å². The Bertz CT molecular complexity index is 1150. The zero-order valence-corrected chi connectivity index (χ0v) is 16.6. The molecular weight excluding hydrogens is 362 g/mol. The van der Waals surface area contributed by atoms with Gasteiger partial charge in [-0.15, -0.1) is 0 Å². The Morgan fingerprint density at radius 2 is 1.21 bits per heavy atom. The van der Waals surface area contributed by atoms with Crippen LogP contribution in [0, 0.1) is 11.2 Å². The van der Waals surface area contributed by atoms with Gasteiger partial charge in [-0.25, -0.2) is 4.39 Å². The molecular formula is C25H22BFO2. The smallest absolute Gasteiger partial charge is 0.407 e. The van der Waals surface area contributed by atoms with Crippen LogP contribution in [0.3, 0.4) is 0 Å². The van der Waals surface area contributed by atoms with E-state index in [0.717, 1.165) is 32.6 Å². The maximum Gasteiger partial charge on any atom is 0.495 e. The van der Waals surface area contributed by atoms with Gasteiger partial charge >= 0.3 is 7.12 Å². The van der Waals surface area contributed by atoms with E-state index in [-0.39, 0.29) is 11.2 Å². The predicted molar refractivity (Wildman–Crippen MR) is 118 cm³/mol. The second-order valence-corrected chi connectivity index (χ2v) is 8.48. The van der Waals surface area contributed by atoms with Gasteiger partial charge in [0.15, 0.2) is 0 Å². The molecule has 0 saturated carbocycles. The van der Waals surface area contributed by atoms with Crippen molar-refractivity contribution >= 4 is 34.1 Å². The summed E-state index contributed by atoms with van der Waals surface area (Å²) in [6.07, 6.45) is 0. The number of hydrogen-bond donors (Lipinski definition) is 0. The number of rotatable bonds is 2. The van der Waals surface area contributed by atoms with Gasteiger partial charge in [-0.2, -0.15) is 0 Å². The molecule has 1 saturated heterocycles. The van der Waals surface area contributed by atoms with Crippen molar-refractivity contribution in [3.63, 3.8) is 0 Å². The van der Waals surface area contributed by atoms with Gasteiger partial charge in [0.05, 0.1) is 0 Å². The molecule has 29 heavy (non-hydrogen) atoms. The van der Waals surface area contributed by atoms with Crippen LogP contribution in [0.15, 0.2) is 72.8 Å². The van der Waals surface area contributed by atoms with Gasteiger partial charge in [0.25, 0.3) is 0 Å². The quantitative estimate of drug-likeness (QED) is 0.332. The second kappa shape index (κ2) is 6.98. The van der Waals surface area contributed by atoms with Gasteiger partial charge < -0.3 is 9.31 Å². The molecule has 4 aromatic carbocycles. The molecule has 1 fully saturated rings. The van der Waals surface area contributed by atoms with Gasteiger partial charge in [-0.3, -0.25) is 0 Å². The van der Waals surface area contributed by atoms with E-state index in [2.05, 4.69) is 38.1 Å². The first kappa shape index (κ1) is 18.4. The van der Waals surface area contributed by atoms with E-state index >= 15 is 0 Å². The minimum atomic E-state index is -0.438. The molecule has 0 aliphatic carbocycles. The Labute approximate surface area is 170 Å². The van der Waals surface area contributed by atoms with Gasteiger partial charge in [0.2, 0.25) is 0 Å². The monoisotopic (exact) mass is 384 g/mol. The van der Waals surface area contributed by atoms with E-state index in [1.165, 1.54) is 6.07 Å². The third-order valence-electron chi connectivity index (χ3n) is 5.60. The Hall–Kier alpha value is -2.69. The lowest BCUT2D eigenvalue weighted by molar-refractivity contribution is 0.0345. The van der Waals surface area contributed by atoms with Crippen molar-refractivity contribution in [2.24, 2.45) is 5.41 Å². The van der Waals surface area contributed by atoms with Crippen LogP contribution in [0.25, 0.3) is 32.7 Å². The Morgan fingerprint density at radius 3 is 1.76 bits per heavy atom. The molecule has 0 amide bonds. The van der Waals surface area contributed by atoms with Crippen molar-refractivity contribution in [3.8, 4) is 11.1 Å². The molecule has 2 nitrogen and oxygen atoms in total. The standard InChI is InChI=1S/C25H22BFO2/c1-25(2)15-28-26(29-16-25)24-19-11-5-3-9-17(19)23(18-10-4-6-12-20(18)24)21-13-7-8-14-22(21)27/h3-14H,15-16H2,1-2H3. The largest absolute Gasteiger partial charge is 0.495 e. The van der Waals surface area contributed by atoms with Crippen LogP contribution in [0.4, 0.5) is 4.39 Å². The van der Waals surface area contributed by atoms with Crippen molar-refractivity contribution in [3.05, 3.63) is 78.6 Å². The van der Waals surface area contributed by atoms with Gasteiger partial charge in [0, 0.05) is 29.8 Å². The second-order valence-electron chi connectivity index (χ2n) is 8.48. The van der Waals surface area contributed by atoms with Gasteiger partial charge in [-0.05, 0) is 33.1 Å². The Balaban J connectivity index is 1.84. The summed E-state index contributed by atoms with van der Waals surface area (Å²) < 4.78 is 27.2. The first-order chi connectivity index (χ1) is 14.1. The summed E-state index contributed by atoms with van der Waals surface area (Å²) in [6, 6.07) is 23.3. The van der Waals surface area contributed by atoms with E-state index in [1.54, 1.807) is 6.07 Å². The highest BCUT2D eigenvalue weighted by Crippen LogP contribution is 2.37. The third kappa shape index (κ3) is 3.13. The molecule has 4 aromatic rings. The maximum absolute atomic E-state index is 14.8. The fourth-order valence-corrected chi connectivity index (χ4v) is 4.23. The van der Waals surface area contributed by atoms with Crippen LogP contribution in [0.2, 0.25) is 0 Å². The molecule has 0 radical (unpaired) electrons. The number of fused-ring (bicyclic) bond motifs is 2. The third-order valence-corrected chi connectivity index (χ3v) is 5.60. The number of hydrogen-bond acceptors (Lipinski definition) is 2. The molecule has 5 rings (SSSR count). The highest BCUT2D eigenvalue weighted by molar-refractivity contribution is 6.68. The average molecular weight is 384 g/mol. The van der Waals surface area contributed by atoms with E-state index in [1.807, 2.05) is 36.4 Å². The fourth-order valence-electron chi connectivity index (χ4n) is 4.23. The van der Waals surface area contributed by atoms with Crippen molar-refractivity contribution in [2.45, 2.75) is 13.8 Å². The summed E-state index contributed by atoms with van der Waals surface area (Å²) >= 11 is 0. The van der Waals surface area contributed by atoms with E-state index in [4.69, 9.17) is 9.31 Å². The first-order valence-corrected chi connectivity index (χ1v) is 9.97. The molecule has 4 heteroatoms. The summed E-state index contributed by atoms with van der Waals surface area (Å²) in [5, 5.41) is 4.08. The minimum Gasteiger partial charge on any atom is -0.407 e. The highest BCUT2D eigenvalue weighted by atomic mass is 19.1. The van der Waals surface area contributed by atoms with E-state index < -0.39 is 7.12 Å². The topological polar surface area (TPSA) is 18.5 Å². The van der Waals surface area contributed by atoms with Crippen LogP contribution in [-0.4, -0.2) is 20.3 Å². The van der Waals surface area contributed by atoms with Crippen molar-refractivity contribution in [1.82, 2.24) is 0 Å². The van der Waals surface area contributed by atoms with Crippen molar-refractivity contribution < 1.29 is 13.7 Å². The van der Waals surface area contributed by atoms with E-state index in [9.17, 15) is 4.39 Å². The van der Waals surface area contributed by atoms with Crippen molar-refractivity contribution in [2.75, 3.05) is 13.2 Å². The Morgan fingerprint density at radius 1 is 0.724 bits per heavy atom. The molecule has 0 N–H and O–H groups in total. The summed E-state index contributed by atoms with van der Waals surface area (Å²) in [5.74, 6) is -0.220. The number of halogens is 1. The molecule has 0 aromatic heterocycles. The van der Waals surface area contributed by atoms with Crippen LogP contribution in [-0.2, 0) is 9.31 Å². The molecule has 1 heterocycles. The highest BCUT2D eigenvalue weighted by Gasteiger charge is 2.36. The van der Waals surface area contributed by atoms with Crippen molar-refractivity contribution in [1.29, 1.82) is 0 Å². The summed E-state index contributed by atoms with van der Waals surface area (Å²) in [5.41, 5.74) is 2.54. The molecule has 0 atom stereocenters. The Kier molecular flexibility index (Phi) is 4.41. The van der Waals surface area contributed by atoms with Crippen LogP contribution in [0.1, 0.15) is 13.8 Å². The molecule has 144 valence electrons. The average Bonchev–Trinajstić information content (AvgIpc) is 2.73. The van der Waals surface area contributed by atoms with Gasteiger partial charge in [0.1, 0.15) is 5.82 Å². The fraction of sp³-hybridized carbons (Fsp3) is 0.200. The number of benzene rings is 4. The van der Waals surface area contributed by atoms with Crippen LogP contribution in [0.5, 0.6) is 0 Å². The normalized spacial score (nSPS) is 16.4. The predicted octanol–water partition coefficient (Wildman–Crippen LogP) is 5.57. The SMILES string of the molecule is CC1(C)COB(c2c3ccccc3c(-c3ccccc3F)c3ccccc23)OC1. The first-order valence-electron chi connectivity index (χ1n) is 9.97. The lowest BCUT2D eigenvalue weighted by Gasteiger charge is -2.34. The lowest BCUT2D eigenvalue weighted by atomic mass is 9.70. The summed E-state index contributed by atoms with van der Waals surface area (Å²) in [6.45, 7) is 5.55. The van der Waals surface area contributed by atoms with Crippen LogP contribution >= 0.6 is 0 Å². The molecule has 1 aliphatic heterocycles. The molecule has 0 bridgehead atoms. The van der Waals surface area contributed by atoms with Gasteiger partial charge in [-0.1, -0.05) is 80.6 Å². The molecule has 1 aliphatic rings. The zero-order chi connectivity index (χ0) is 20.0. The lowest BCUT2D eigenvalue weighted by Crippen LogP contribution is -2.48. The zero-order valence-electron chi connectivity index (χ0n) is 16.6. The minimum absolute atomic E-state index is 0.00475. The molecule has 0 spiro atoms. The maximum atomic E-state index is 14.8. The summed E-state index contributed by atoms with van der Waals surface area (Å²) in [7, 11) is -0.438. The summed E-state index contributed by atoms with van der Waals surface area (Å²) in [4.78, 5) is 0.